The number of nitrogens with zero attached hydrogens (tertiary/aromatic N) is 4. The lowest BCUT2D eigenvalue weighted by Gasteiger charge is -2.40. The molecular formula is C22H39N5O2. The number of piperidine rings is 1. The van der Waals surface area contributed by atoms with Crippen LogP contribution in [0.2, 0.25) is 0 Å². The minimum absolute atomic E-state index is 0.123. The molecule has 0 radical (unpaired) electrons. The molecule has 7 heteroatoms. The number of likely N-dealkylation sites (tertiary alicyclic amines) is 2. The Morgan fingerprint density at radius 1 is 1.10 bits per heavy atom. The standard InChI is InChI=1S/C22H39N5O2/c1-16(2)14-20-24-21(29-25-20)15-26-12-9-18(10-13-26)19-8-6-5-7-11-27(19)22(28)23-17(3)4/h16-19H,5-15H2,1-4H3,(H,23,28)/t19-/m0/s1. The molecular weight excluding hydrogens is 366 g/mol. The van der Waals surface area contributed by atoms with Crippen molar-refractivity contribution in [3.63, 3.8) is 0 Å². The number of aromatic nitrogens is 2. The molecule has 0 aliphatic carbocycles. The quantitative estimate of drug-likeness (QED) is 0.778. The summed E-state index contributed by atoms with van der Waals surface area (Å²) in [5.41, 5.74) is 0. The second kappa shape index (κ2) is 10.4. The van der Waals surface area contributed by atoms with Gasteiger partial charge in [0.1, 0.15) is 0 Å². The molecule has 0 unspecified atom stereocenters. The van der Waals surface area contributed by atoms with Gasteiger partial charge in [0.2, 0.25) is 5.89 Å². The molecule has 0 bridgehead atoms. The molecule has 2 aliphatic rings. The van der Waals surface area contributed by atoms with Gasteiger partial charge in [-0.3, -0.25) is 4.90 Å². The summed E-state index contributed by atoms with van der Waals surface area (Å²) in [6.07, 6.45) is 7.84. The second-order valence-corrected chi connectivity index (χ2v) is 9.53. The summed E-state index contributed by atoms with van der Waals surface area (Å²) >= 11 is 0. The maximum Gasteiger partial charge on any atom is 0.317 e. The molecule has 7 nitrogen and oxygen atoms in total. The molecule has 1 aromatic heterocycles. The van der Waals surface area contributed by atoms with Gasteiger partial charge < -0.3 is 14.7 Å². The van der Waals surface area contributed by atoms with Crippen LogP contribution in [0.25, 0.3) is 0 Å². The van der Waals surface area contributed by atoms with Crippen molar-refractivity contribution in [2.45, 2.75) is 91.3 Å². The van der Waals surface area contributed by atoms with Crippen molar-refractivity contribution in [3.05, 3.63) is 11.7 Å². The first-order chi connectivity index (χ1) is 13.9. The molecule has 3 rings (SSSR count). The smallest absolute Gasteiger partial charge is 0.317 e. The number of carbonyl (C=O) groups is 1. The van der Waals surface area contributed by atoms with Gasteiger partial charge in [0.25, 0.3) is 0 Å². The number of carbonyl (C=O) groups excluding carboxylic acids is 1. The van der Waals surface area contributed by atoms with Gasteiger partial charge in [-0.1, -0.05) is 31.8 Å². The molecule has 0 saturated carbocycles. The first-order valence-electron chi connectivity index (χ1n) is 11.5. The first kappa shape index (κ1) is 22.1. The first-order valence-corrected chi connectivity index (χ1v) is 11.5. The Labute approximate surface area is 175 Å². The molecule has 2 aliphatic heterocycles. The van der Waals surface area contributed by atoms with E-state index in [1.165, 1.54) is 12.8 Å². The zero-order chi connectivity index (χ0) is 20.8. The molecule has 2 amide bonds. The van der Waals surface area contributed by atoms with E-state index in [9.17, 15) is 4.79 Å². The van der Waals surface area contributed by atoms with E-state index < -0.39 is 0 Å². The van der Waals surface area contributed by atoms with Gasteiger partial charge in [-0.25, -0.2) is 4.79 Å². The fourth-order valence-corrected chi connectivity index (χ4v) is 4.70. The predicted molar refractivity (Wildman–Crippen MR) is 113 cm³/mol. The van der Waals surface area contributed by atoms with Gasteiger partial charge in [-0.15, -0.1) is 0 Å². The van der Waals surface area contributed by atoms with Crippen molar-refractivity contribution < 1.29 is 9.32 Å². The largest absolute Gasteiger partial charge is 0.338 e. The average Bonchev–Trinajstić information content (AvgIpc) is 2.94. The van der Waals surface area contributed by atoms with Crippen LogP contribution in [0.3, 0.4) is 0 Å². The van der Waals surface area contributed by atoms with E-state index in [0.29, 0.717) is 17.9 Å². The number of hydrogen-bond acceptors (Lipinski definition) is 5. The third-order valence-corrected chi connectivity index (χ3v) is 6.11. The summed E-state index contributed by atoms with van der Waals surface area (Å²) in [5.74, 6) is 2.66. The van der Waals surface area contributed by atoms with E-state index in [0.717, 1.165) is 70.0 Å². The molecule has 0 aromatic carbocycles. The monoisotopic (exact) mass is 405 g/mol. The fourth-order valence-electron chi connectivity index (χ4n) is 4.70. The van der Waals surface area contributed by atoms with Gasteiger partial charge in [-0.05, 0) is 64.5 Å². The van der Waals surface area contributed by atoms with Crippen LogP contribution in [0.15, 0.2) is 4.52 Å². The lowest BCUT2D eigenvalue weighted by molar-refractivity contribution is 0.0927. The van der Waals surface area contributed by atoms with Gasteiger partial charge in [-0.2, -0.15) is 4.98 Å². The topological polar surface area (TPSA) is 74.5 Å². The molecule has 2 fully saturated rings. The van der Waals surface area contributed by atoms with Gasteiger partial charge in [0.15, 0.2) is 5.82 Å². The van der Waals surface area contributed by atoms with Crippen molar-refractivity contribution in [1.29, 1.82) is 0 Å². The van der Waals surface area contributed by atoms with Crippen LogP contribution in [-0.4, -0.2) is 57.7 Å². The van der Waals surface area contributed by atoms with Gasteiger partial charge in [0.05, 0.1) is 6.54 Å². The molecule has 2 saturated heterocycles. The highest BCUT2D eigenvalue weighted by Gasteiger charge is 2.34. The summed E-state index contributed by atoms with van der Waals surface area (Å²) in [6.45, 7) is 12.1. The molecule has 1 N–H and O–H groups in total. The van der Waals surface area contributed by atoms with Crippen molar-refractivity contribution >= 4 is 6.03 Å². The zero-order valence-corrected chi connectivity index (χ0v) is 18.7. The number of urea groups is 1. The zero-order valence-electron chi connectivity index (χ0n) is 18.7. The molecule has 164 valence electrons. The minimum Gasteiger partial charge on any atom is -0.338 e. The molecule has 1 aromatic rings. The Hall–Kier alpha value is -1.63. The summed E-state index contributed by atoms with van der Waals surface area (Å²) in [5, 5.41) is 7.23. The van der Waals surface area contributed by atoms with E-state index in [1.54, 1.807) is 0 Å². The number of nitrogens with one attached hydrogen (secondary N) is 1. The second-order valence-electron chi connectivity index (χ2n) is 9.53. The minimum atomic E-state index is 0.123. The van der Waals surface area contributed by atoms with Crippen LogP contribution in [0.5, 0.6) is 0 Å². The van der Waals surface area contributed by atoms with Crippen LogP contribution in [0, 0.1) is 11.8 Å². The van der Waals surface area contributed by atoms with Crippen molar-refractivity contribution in [2.24, 2.45) is 11.8 Å². The maximum atomic E-state index is 12.8. The van der Waals surface area contributed by atoms with Crippen molar-refractivity contribution in [2.75, 3.05) is 19.6 Å². The normalized spacial score (nSPS) is 22.3. The SMILES string of the molecule is CC(C)Cc1noc(CN2CCC([C@@H]3CCCCCN3C(=O)NC(C)C)CC2)n1. The number of rotatable bonds is 6. The molecule has 3 heterocycles. The highest BCUT2D eigenvalue weighted by atomic mass is 16.5. The van der Waals surface area contributed by atoms with Crippen molar-refractivity contribution in [3.8, 4) is 0 Å². The third kappa shape index (κ3) is 6.43. The van der Waals surface area contributed by atoms with Crippen LogP contribution in [0.1, 0.15) is 77.9 Å². The Morgan fingerprint density at radius 3 is 2.55 bits per heavy atom. The number of hydrogen-bond donors (Lipinski definition) is 1. The molecule has 29 heavy (non-hydrogen) atoms. The molecule has 0 spiro atoms. The maximum absolute atomic E-state index is 12.8. The highest BCUT2D eigenvalue weighted by molar-refractivity contribution is 5.74. The summed E-state index contributed by atoms with van der Waals surface area (Å²) < 4.78 is 5.45. The average molecular weight is 406 g/mol. The Balaban J connectivity index is 1.53. The van der Waals surface area contributed by atoms with E-state index in [2.05, 4.69) is 39.1 Å². The van der Waals surface area contributed by atoms with Gasteiger partial charge >= 0.3 is 6.03 Å². The van der Waals surface area contributed by atoms with Crippen molar-refractivity contribution in [1.82, 2.24) is 25.3 Å². The summed E-state index contributed by atoms with van der Waals surface area (Å²) in [6, 6.07) is 0.681. The van der Waals surface area contributed by atoms with E-state index in [1.807, 2.05) is 13.8 Å². The van der Waals surface area contributed by atoms with Gasteiger partial charge in [0, 0.05) is 25.0 Å². The highest BCUT2D eigenvalue weighted by Crippen LogP contribution is 2.30. The fraction of sp³-hybridized carbons (Fsp3) is 0.864. The number of amides is 2. The Kier molecular flexibility index (Phi) is 7.92. The van der Waals surface area contributed by atoms with E-state index >= 15 is 0 Å². The lowest BCUT2D eigenvalue weighted by Crippen LogP contribution is -2.52. The van der Waals surface area contributed by atoms with Crippen LogP contribution in [0.4, 0.5) is 4.79 Å². The summed E-state index contributed by atoms with van der Waals surface area (Å²) in [4.78, 5) is 21.9. The van der Waals surface area contributed by atoms with Crippen LogP contribution >= 0.6 is 0 Å². The van der Waals surface area contributed by atoms with Crippen LogP contribution in [-0.2, 0) is 13.0 Å². The summed E-state index contributed by atoms with van der Waals surface area (Å²) in [7, 11) is 0. The Bertz CT molecular complexity index is 637. The van der Waals surface area contributed by atoms with E-state index in [4.69, 9.17) is 4.52 Å². The van der Waals surface area contributed by atoms with E-state index in [-0.39, 0.29) is 12.1 Å². The third-order valence-electron chi connectivity index (χ3n) is 6.11. The molecule has 1 atom stereocenters. The predicted octanol–water partition coefficient (Wildman–Crippen LogP) is 3.84. The lowest BCUT2D eigenvalue weighted by atomic mass is 9.86. The van der Waals surface area contributed by atoms with Crippen LogP contribution < -0.4 is 5.32 Å². The Morgan fingerprint density at radius 2 is 1.86 bits per heavy atom.